The van der Waals surface area contributed by atoms with E-state index in [1.54, 1.807) is 0 Å². The van der Waals surface area contributed by atoms with Gasteiger partial charge in [0.05, 0.1) is 0 Å². The Labute approximate surface area is 51.6 Å². The van der Waals surface area contributed by atoms with Crippen LogP contribution in [0.3, 0.4) is 0 Å². The molecular formula is CH2ClNaO. The topological polar surface area (TPSA) is 17.1 Å². The van der Waals surface area contributed by atoms with Gasteiger partial charge >= 0.3 is 29.6 Å². The van der Waals surface area contributed by atoms with Crippen LogP contribution >= 0.6 is 11.6 Å². The molecule has 0 spiro atoms. The molecular weight excluding hydrogens is 86.5 g/mol. The van der Waals surface area contributed by atoms with Crippen molar-refractivity contribution in [3.05, 3.63) is 0 Å². The van der Waals surface area contributed by atoms with E-state index in [4.69, 9.17) is 4.79 Å². The molecule has 0 saturated carbocycles. The van der Waals surface area contributed by atoms with Crippen molar-refractivity contribution in [1.29, 1.82) is 0 Å². The average molecular weight is 88.5 g/mol. The molecule has 0 aromatic carbocycles. The fourth-order valence-electron chi connectivity index (χ4n) is 0. The third kappa shape index (κ3) is 12.3. The zero-order chi connectivity index (χ0) is 2.71. The van der Waals surface area contributed by atoms with Crippen LogP contribution in [0.5, 0.6) is 0 Å². The summed E-state index contributed by atoms with van der Waals surface area (Å²) >= 11 is 4.32. The van der Waals surface area contributed by atoms with Crippen LogP contribution < -0.4 is 0 Å². The van der Waals surface area contributed by atoms with Crippen molar-refractivity contribution in [2.75, 3.05) is 0 Å². The van der Waals surface area contributed by atoms with E-state index in [1.165, 1.54) is 0 Å². The summed E-state index contributed by atoms with van der Waals surface area (Å²) in [5, 5.41) is 0. The van der Waals surface area contributed by atoms with Crippen molar-refractivity contribution in [3.8, 4) is 0 Å². The van der Waals surface area contributed by atoms with Gasteiger partial charge in [-0.2, -0.15) is 0 Å². The SMILES string of the molecule is O=CCl.[NaH]. The molecule has 3 heteroatoms. The normalized spacial score (nSPS) is 3.25. The van der Waals surface area contributed by atoms with E-state index in [1.807, 2.05) is 0 Å². The first-order chi connectivity index (χ1) is 1.41. The molecule has 0 fully saturated rings. The molecule has 0 aliphatic rings. The molecule has 0 heterocycles. The molecule has 0 unspecified atom stereocenters. The first-order valence-electron chi connectivity index (χ1n) is 0.454. The van der Waals surface area contributed by atoms with Crippen molar-refractivity contribution in [2.45, 2.75) is 0 Å². The summed E-state index contributed by atoms with van der Waals surface area (Å²) in [4.78, 5) is 8.57. The van der Waals surface area contributed by atoms with Crippen LogP contribution in [0.2, 0.25) is 0 Å². The average Bonchev–Trinajstić information content (AvgIpc) is 0.918. The number of carbonyl (C=O) groups is 1. The van der Waals surface area contributed by atoms with Gasteiger partial charge in [-0.1, -0.05) is 0 Å². The first-order valence-corrected chi connectivity index (χ1v) is 0.890. The van der Waals surface area contributed by atoms with Crippen LogP contribution in [0.4, 0.5) is 0 Å². The molecule has 1 nitrogen and oxygen atoms in total. The molecule has 0 bridgehead atoms. The second kappa shape index (κ2) is 9.03. The molecule has 0 aromatic rings. The van der Waals surface area contributed by atoms with Crippen molar-refractivity contribution in [1.82, 2.24) is 0 Å². The summed E-state index contributed by atoms with van der Waals surface area (Å²) in [6, 6.07) is 0. The van der Waals surface area contributed by atoms with Gasteiger partial charge in [-0.05, 0) is 11.6 Å². The van der Waals surface area contributed by atoms with E-state index in [0.29, 0.717) is 0 Å². The van der Waals surface area contributed by atoms with E-state index in [2.05, 4.69) is 11.6 Å². The molecule has 0 atom stereocenters. The van der Waals surface area contributed by atoms with E-state index < -0.39 is 0 Å². The molecule has 0 N–H and O–H groups in total. The maximum atomic E-state index is 8.57. The molecule has 0 aliphatic heterocycles. The van der Waals surface area contributed by atoms with Gasteiger partial charge in [-0.25, -0.2) is 0 Å². The standard InChI is InChI=1S/CHClO.Na.H/c2-1-3;;/h1H;;. The summed E-state index contributed by atoms with van der Waals surface area (Å²) in [5.74, 6) is 0.222. The number of hydrogen-bond acceptors (Lipinski definition) is 1. The zero-order valence-corrected chi connectivity index (χ0v) is 2.12. The summed E-state index contributed by atoms with van der Waals surface area (Å²) in [5.41, 5.74) is 0. The van der Waals surface area contributed by atoms with Crippen molar-refractivity contribution >= 4 is 46.9 Å². The van der Waals surface area contributed by atoms with Crippen LogP contribution in [-0.2, 0) is 4.79 Å². The molecule has 0 aromatic heterocycles. The third-order valence-electron chi connectivity index (χ3n) is 0. The Morgan fingerprint density at radius 1 is 1.75 bits per heavy atom. The van der Waals surface area contributed by atoms with E-state index in [0.717, 1.165) is 0 Å². The van der Waals surface area contributed by atoms with Crippen molar-refractivity contribution < 1.29 is 4.79 Å². The number of rotatable bonds is 0. The van der Waals surface area contributed by atoms with Crippen LogP contribution in [-0.4, -0.2) is 35.3 Å². The fraction of sp³-hybridized carbons (Fsp3) is 0. The molecule has 0 aliphatic carbocycles. The van der Waals surface area contributed by atoms with E-state index >= 15 is 0 Å². The van der Waals surface area contributed by atoms with Crippen molar-refractivity contribution in [3.63, 3.8) is 0 Å². The predicted molar refractivity (Wildman–Crippen MR) is 19.8 cm³/mol. The predicted octanol–water partition coefficient (Wildman–Crippen LogP) is -0.233. The Balaban J connectivity index is 0. The fourth-order valence-corrected chi connectivity index (χ4v) is 0. The maximum absolute atomic E-state index is 8.57. The molecule has 0 rings (SSSR count). The molecule has 0 radical (unpaired) electrons. The Bertz CT molecular complexity index is 15.5. The Morgan fingerprint density at radius 2 is 1.75 bits per heavy atom. The third-order valence-corrected chi connectivity index (χ3v) is 0. The quantitative estimate of drug-likeness (QED) is 0.227. The van der Waals surface area contributed by atoms with Crippen LogP contribution in [0.1, 0.15) is 0 Å². The first kappa shape index (κ1) is 8.88. The van der Waals surface area contributed by atoms with Gasteiger partial charge in [-0.3, -0.25) is 4.79 Å². The minimum absolute atomic E-state index is 0. The van der Waals surface area contributed by atoms with Gasteiger partial charge in [-0.15, -0.1) is 0 Å². The van der Waals surface area contributed by atoms with Crippen molar-refractivity contribution in [2.24, 2.45) is 0 Å². The summed E-state index contributed by atoms with van der Waals surface area (Å²) in [6.07, 6.45) is 0. The second-order valence-corrected chi connectivity index (χ2v) is 0.267. The Kier molecular flexibility index (Phi) is 20.0. The van der Waals surface area contributed by atoms with Gasteiger partial charge in [0.1, 0.15) is 0 Å². The summed E-state index contributed by atoms with van der Waals surface area (Å²) in [7, 11) is 0. The second-order valence-electron chi connectivity index (χ2n) is 0.0891. The summed E-state index contributed by atoms with van der Waals surface area (Å²) in [6.45, 7) is 0. The molecule has 4 heavy (non-hydrogen) atoms. The van der Waals surface area contributed by atoms with Crippen LogP contribution in [0, 0.1) is 0 Å². The Morgan fingerprint density at radius 3 is 1.75 bits per heavy atom. The van der Waals surface area contributed by atoms with Crippen LogP contribution in [0.25, 0.3) is 0 Å². The van der Waals surface area contributed by atoms with Gasteiger partial charge in [0.2, 0.25) is 5.75 Å². The molecule has 20 valence electrons. The van der Waals surface area contributed by atoms with Gasteiger partial charge in [0.25, 0.3) is 0 Å². The monoisotopic (exact) mass is 88.0 g/mol. The molecule has 0 saturated heterocycles. The van der Waals surface area contributed by atoms with Gasteiger partial charge < -0.3 is 0 Å². The summed E-state index contributed by atoms with van der Waals surface area (Å²) < 4.78 is 0. The van der Waals surface area contributed by atoms with Crippen LogP contribution in [0.15, 0.2) is 0 Å². The minimum atomic E-state index is 0. The molecule has 0 amide bonds. The number of hydrogen-bond donors (Lipinski definition) is 0. The van der Waals surface area contributed by atoms with E-state index in [-0.39, 0.29) is 35.3 Å². The van der Waals surface area contributed by atoms with E-state index in [9.17, 15) is 0 Å². The zero-order valence-electron chi connectivity index (χ0n) is 1.36. The van der Waals surface area contributed by atoms with Gasteiger partial charge in [0, 0.05) is 0 Å². The van der Waals surface area contributed by atoms with Gasteiger partial charge in [0.15, 0.2) is 0 Å². The number of halogens is 1. The number of carbonyl (C=O) groups excluding carboxylic acids is 1. The Hall–Kier alpha value is 0.960.